The molecule has 8 N–H and O–H groups in total. The number of amides is 3. The molecule has 5 unspecified atom stereocenters. The molecule has 0 saturated carbocycles. The SMILES string of the molecule is CCC(C)C(N)C(=O)NC(CS)C(=O)NC(Cc1cnc[nH]1)C(=O)NC(CCC(=O)O)C(=O)O. The topological polar surface area (TPSA) is 217 Å². The van der Waals surface area contributed by atoms with E-state index >= 15 is 0 Å². The van der Waals surface area contributed by atoms with Crippen LogP contribution in [-0.4, -0.2) is 79.8 Å². The number of nitrogens with two attached hydrogens (primary N) is 1. The second kappa shape index (κ2) is 14.2. The Hall–Kier alpha value is -3.13. The number of carbonyl (C=O) groups excluding carboxylic acids is 3. The number of carboxylic acids is 2. The molecule has 1 aromatic heterocycles. The zero-order chi connectivity index (χ0) is 25.8. The molecule has 0 bridgehead atoms. The molecule has 0 saturated heterocycles. The van der Waals surface area contributed by atoms with Crippen LogP contribution < -0.4 is 21.7 Å². The fourth-order valence-electron chi connectivity index (χ4n) is 2.87. The van der Waals surface area contributed by atoms with E-state index in [2.05, 4.69) is 38.5 Å². The third kappa shape index (κ3) is 9.39. The predicted molar refractivity (Wildman–Crippen MR) is 124 cm³/mol. The first kappa shape index (κ1) is 28.9. The lowest BCUT2D eigenvalue weighted by Gasteiger charge is -2.25. The maximum atomic E-state index is 12.8. The van der Waals surface area contributed by atoms with Gasteiger partial charge in [0.2, 0.25) is 17.7 Å². The van der Waals surface area contributed by atoms with Crippen LogP contribution in [0.15, 0.2) is 12.5 Å². The van der Waals surface area contributed by atoms with Gasteiger partial charge < -0.3 is 36.9 Å². The molecule has 1 rings (SSSR count). The molecule has 5 atom stereocenters. The Morgan fingerprint density at radius 2 is 1.65 bits per heavy atom. The van der Waals surface area contributed by atoms with E-state index in [9.17, 15) is 29.1 Å². The standard InChI is InChI=1S/C20H32N6O7S/c1-3-10(2)16(21)19(31)26-14(8-34)18(30)25-13(6-11-7-22-9-23-11)17(29)24-12(20(32)33)4-5-15(27)28/h7,9-10,12-14,16,34H,3-6,8,21H2,1-2H3,(H,22,23)(H,24,29)(H,25,30)(H,26,31)(H,27,28)(H,32,33). The number of carboxylic acid groups (broad SMARTS) is 2. The van der Waals surface area contributed by atoms with E-state index in [0.29, 0.717) is 12.1 Å². The van der Waals surface area contributed by atoms with Gasteiger partial charge in [-0.1, -0.05) is 20.3 Å². The quantitative estimate of drug-likeness (QED) is 0.133. The van der Waals surface area contributed by atoms with Gasteiger partial charge >= 0.3 is 11.9 Å². The van der Waals surface area contributed by atoms with Gasteiger partial charge in [0.25, 0.3) is 0 Å². The smallest absolute Gasteiger partial charge is 0.326 e. The summed E-state index contributed by atoms with van der Waals surface area (Å²) in [6.45, 7) is 3.67. The highest BCUT2D eigenvalue weighted by molar-refractivity contribution is 7.80. The van der Waals surface area contributed by atoms with Gasteiger partial charge in [-0.2, -0.15) is 12.6 Å². The number of hydrogen-bond acceptors (Lipinski definition) is 8. The van der Waals surface area contributed by atoms with Gasteiger partial charge in [-0.15, -0.1) is 0 Å². The number of carbonyl (C=O) groups is 5. The van der Waals surface area contributed by atoms with Crippen molar-refractivity contribution < 1.29 is 34.2 Å². The molecule has 0 radical (unpaired) electrons. The molecule has 13 nitrogen and oxygen atoms in total. The van der Waals surface area contributed by atoms with Crippen molar-refractivity contribution in [3.63, 3.8) is 0 Å². The Morgan fingerprint density at radius 1 is 1.06 bits per heavy atom. The van der Waals surface area contributed by atoms with E-state index in [4.69, 9.17) is 10.8 Å². The summed E-state index contributed by atoms with van der Waals surface area (Å²) in [5.41, 5.74) is 6.38. The monoisotopic (exact) mass is 500 g/mol. The van der Waals surface area contributed by atoms with Crippen molar-refractivity contribution in [2.45, 2.75) is 63.7 Å². The van der Waals surface area contributed by atoms with E-state index in [1.165, 1.54) is 12.5 Å². The fourth-order valence-corrected chi connectivity index (χ4v) is 3.13. The maximum Gasteiger partial charge on any atom is 0.326 e. The number of rotatable bonds is 15. The van der Waals surface area contributed by atoms with Gasteiger partial charge in [0.1, 0.15) is 18.1 Å². The van der Waals surface area contributed by atoms with Crippen molar-refractivity contribution in [3.05, 3.63) is 18.2 Å². The summed E-state index contributed by atoms with van der Waals surface area (Å²) < 4.78 is 0. The molecule has 0 spiro atoms. The first-order valence-corrected chi connectivity index (χ1v) is 11.3. The van der Waals surface area contributed by atoms with Crippen LogP contribution in [0.3, 0.4) is 0 Å². The van der Waals surface area contributed by atoms with E-state index in [1.54, 1.807) is 6.92 Å². The van der Waals surface area contributed by atoms with Crippen LogP contribution in [-0.2, 0) is 30.4 Å². The molecule has 0 aliphatic carbocycles. The lowest BCUT2D eigenvalue weighted by atomic mass is 9.99. The van der Waals surface area contributed by atoms with Crippen molar-refractivity contribution >= 4 is 42.3 Å². The highest BCUT2D eigenvalue weighted by atomic mass is 32.1. The van der Waals surface area contributed by atoms with Crippen LogP contribution in [0, 0.1) is 5.92 Å². The minimum absolute atomic E-state index is 0.0670. The van der Waals surface area contributed by atoms with Gasteiger partial charge in [-0.05, 0) is 12.3 Å². The van der Waals surface area contributed by atoms with E-state index < -0.39 is 60.2 Å². The van der Waals surface area contributed by atoms with Crippen LogP contribution in [0.5, 0.6) is 0 Å². The highest BCUT2D eigenvalue weighted by Gasteiger charge is 2.31. The molecule has 1 aromatic rings. The van der Waals surface area contributed by atoms with Gasteiger partial charge in [0.15, 0.2) is 0 Å². The molecule has 34 heavy (non-hydrogen) atoms. The number of aromatic amines is 1. The number of hydrogen-bond donors (Lipinski definition) is 8. The summed E-state index contributed by atoms with van der Waals surface area (Å²) in [4.78, 5) is 66.9. The summed E-state index contributed by atoms with van der Waals surface area (Å²) in [6.07, 6.45) is 2.57. The average molecular weight is 501 g/mol. The van der Waals surface area contributed by atoms with Crippen molar-refractivity contribution in [1.82, 2.24) is 25.9 Å². The second-order valence-corrected chi connectivity index (χ2v) is 8.19. The van der Waals surface area contributed by atoms with Gasteiger partial charge in [0.05, 0.1) is 12.4 Å². The summed E-state index contributed by atoms with van der Waals surface area (Å²) in [6, 6.07) is -4.67. The number of imidazole rings is 1. The summed E-state index contributed by atoms with van der Waals surface area (Å²) in [5, 5.41) is 25.4. The van der Waals surface area contributed by atoms with Crippen molar-refractivity contribution in [2.24, 2.45) is 11.7 Å². The average Bonchev–Trinajstić information content (AvgIpc) is 3.30. The van der Waals surface area contributed by atoms with Crippen LogP contribution in [0.25, 0.3) is 0 Å². The Kier molecular flexibility index (Phi) is 12.1. The van der Waals surface area contributed by atoms with Crippen LogP contribution >= 0.6 is 12.6 Å². The molecular weight excluding hydrogens is 468 g/mol. The normalized spacial score (nSPS) is 15.3. The van der Waals surface area contributed by atoms with Gasteiger partial charge in [0, 0.05) is 30.5 Å². The number of nitrogens with one attached hydrogen (secondary N) is 4. The van der Waals surface area contributed by atoms with Crippen LogP contribution in [0.4, 0.5) is 0 Å². The third-order valence-corrected chi connectivity index (χ3v) is 5.61. The van der Waals surface area contributed by atoms with Crippen LogP contribution in [0.1, 0.15) is 38.8 Å². The van der Waals surface area contributed by atoms with Crippen molar-refractivity contribution in [3.8, 4) is 0 Å². The number of aromatic nitrogens is 2. The molecule has 0 aliphatic heterocycles. The second-order valence-electron chi connectivity index (χ2n) is 7.83. The first-order valence-electron chi connectivity index (χ1n) is 10.7. The third-order valence-electron chi connectivity index (χ3n) is 5.25. The van der Waals surface area contributed by atoms with Gasteiger partial charge in [-0.3, -0.25) is 19.2 Å². The molecule has 3 amide bonds. The zero-order valence-corrected chi connectivity index (χ0v) is 19.9. The largest absolute Gasteiger partial charge is 0.481 e. The summed E-state index contributed by atoms with van der Waals surface area (Å²) in [5.74, 6) is -4.96. The van der Waals surface area contributed by atoms with Crippen LogP contribution in [0.2, 0.25) is 0 Å². The molecule has 190 valence electrons. The first-order chi connectivity index (χ1) is 16.0. The number of aliphatic carboxylic acids is 2. The minimum Gasteiger partial charge on any atom is -0.481 e. The summed E-state index contributed by atoms with van der Waals surface area (Å²) >= 11 is 4.10. The Bertz CT molecular complexity index is 850. The molecular formula is C20H32N6O7S. The molecule has 0 aliphatic rings. The summed E-state index contributed by atoms with van der Waals surface area (Å²) in [7, 11) is 0. The molecule has 0 fully saturated rings. The zero-order valence-electron chi connectivity index (χ0n) is 19.0. The number of nitrogens with zero attached hydrogens (tertiary/aromatic N) is 1. The van der Waals surface area contributed by atoms with E-state index in [-0.39, 0.29) is 24.5 Å². The Balaban J connectivity index is 2.97. The van der Waals surface area contributed by atoms with E-state index in [1.807, 2.05) is 6.92 Å². The maximum absolute atomic E-state index is 12.8. The Morgan fingerprint density at radius 3 is 2.15 bits per heavy atom. The van der Waals surface area contributed by atoms with Gasteiger partial charge in [-0.25, -0.2) is 9.78 Å². The highest BCUT2D eigenvalue weighted by Crippen LogP contribution is 2.07. The molecule has 14 heteroatoms. The fraction of sp³-hybridized carbons (Fsp3) is 0.600. The molecule has 1 heterocycles. The molecule has 0 aromatic carbocycles. The number of H-pyrrole nitrogens is 1. The predicted octanol–water partition coefficient (Wildman–Crippen LogP) is -1.34. The number of thiol groups is 1. The lowest BCUT2D eigenvalue weighted by molar-refractivity contribution is -0.143. The van der Waals surface area contributed by atoms with E-state index in [0.717, 1.165) is 0 Å². The Labute approximate surface area is 202 Å². The minimum atomic E-state index is -1.47. The lowest BCUT2D eigenvalue weighted by Crippen LogP contribution is -2.58. The van der Waals surface area contributed by atoms with Crippen molar-refractivity contribution in [2.75, 3.05) is 5.75 Å². The van der Waals surface area contributed by atoms with Crippen molar-refractivity contribution in [1.29, 1.82) is 0 Å².